The number of aliphatic hydroxyl groups excluding tert-OH is 1. The van der Waals surface area contributed by atoms with Crippen molar-refractivity contribution < 1.29 is 34.0 Å². The molecule has 13 atom stereocenters. The molecule has 0 aromatic carbocycles. The van der Waals surface area contributed by atoms with Gasteiger partial charge in [0.2, 0.25) is 0 Å². The van der Waals surface area contributed by atoms with Crippen molar-refractivity contribution in [3.8, 4) is 0 Å². The number of nitrogens with zero attached hydrogens (tertiary/aromatic N) is 1. The van der Waals surface area contributed by atoms with Crippen molar-refractivity contribution in [3.05, 3.63) is 0 Å². The Labute approximate surface area is 264 Å². The third kappa shape index (κ3) is 3.96. The Bertz CT molecular complexity index is 1150. The number of methoxy groups -OCH3 is 1. The van der Waals surface area contributed by atoms with E-state index in [0.29, 0.717) is 44.1 Å². The Morgan fingerprint density at radius 1 is 1.00 bits per heavy atom. The topological polar surface area (TPSA) is 97.7 Å². The minimum Gasteiger partial charge on any atom is -0.446 e. The lowest BCUT2D eigenvalue weighted by molar-refractivity contribution is -0.209. The lowest BCUT2D eigenvalue weighted by atomic mass is 9.41. The summed E-state index contributed by atoms with van der Waals surface area (Å²) in [5, 5.41) is 23.4. The number of fused-ring (bicyclic) bond motifs is 4. The minimum atomic E-state index is -1.03. The molecule has 0 aromatic heterocycles. The van der Waals surface area contributed by atoms with Gasteiger partial charge < -0.3 is 34.1 Å². The highest BCUT2D eigenvalue weighted by molar-refractivity contribution is 5.68. The summed E-state index contributed by atoms with van der Waals surface area (Å²) >= 11 is 0. The van der Waals surface area contributed by atoms with Gasteiger partial charge in [-0.3, -0.25) is 0 Å². The zero-order valence-electron chi connectivity index (χ0n) is 28.6. The molecule has 2 saturated heterocycles. The van der Waals surface area contributed by atoms with Gasteiger partial charge in [0.15, 0.2) is 0 Å². The second-order valence-electron chi connectivity index (χ2n) is 17.8. The number of aliphatic hydroxyl groups is 2. The Balaban J connectivity index is 1.14. The number of hydrogen-bond acceptors (Lipinski definition) is 7. The monoisotopic (exact) mass is 617 g/mol. The van der Waals surface area contributed by atoms with E-state index in [1.54, 1.807) is 21.0 Å². The van der Waals surface area contributed by atoms with Crippen molar-refractivity contribution in [2.45, 2.75) is 136 Å². The van der Waals surface area contributed by atoms with Crippen LogP contribution in [0.25, 0.3) is 0 Å². The van der Waals surface area contributed by atoms with Crippen LogP contribution in [0.4, 0.5) is 4.79 Å². The fourth-order valence-corrected chi connectivity index (χ4v) is 13.6. The van der Waals surface area contributed by atoms with Gasteiger partial charge in [0.25, 0.3) is 0 Å². The summed E-state index contributed by atoms with van der Waals surface area (Å²) in [6.07, 6.45) is 7.01. The van der Waals surface area contributed by atoms with Crippen LogP contribution in [0, 0.1) is 50.7 Å². The predicted octanol–water partition coefficient (Wildman–Crippen LogP) is 5.42. The van der Waals surface area contributed by atoms with Crippen molar-refractivity contribution in [2.24, 2.45) is 50.7 Å². The number of hydrogen-bond donors (Lipinski definition) is 2. The molecule has 0 aromatic rings. The third-order valence-electron chi connectivity index (χ3n) is 15.6. The highest BCUT2D eigenvalue weighted by Gasteiger charge is 2.84. The molecule has 7 fully saturated rings. The number of carbonyl (C=O) groups excluding carboxylic acids is 1. The zero-order valence-corrected chi connectivity index (χ0v) is 28.6. The second kappa shape index (κ2) is 10.0. The highest BCUT2D eigenvalue weighted by Crippen LogP contribution is 2.89. The van der Waals surface area contributed by atoms with Crippen LogP contribution < -0.4 is 0 Å². The number of amides is 1. The summed E-state index contributed by atoms with van der Waals surface area (Å²) in [7, 11) is 1.66. The molecule has 2 N–H and O–H groups in total. The maximum absolute atomic E-state index is 13.1. The van der Waals surface area contributed by atoms with Crippen LogP contribution in [-0.4, -0.2) is 90.7 Å². The maximum atomic E-state index is 13.1. The lowest BCUT2D eigenvalue weighted by Crippen LogP contribution is -2.60. The summed E-state index contributed by atoms with van der Waals surface area (Å²) in [4.78, 5) is 15.0. The largest absolute Gasteiger partial charge is 0.446 e. The van der Waals surface area contributed by atoms with Crippen LogP contribution in [0.2, 0.25) is 0 Å². The molecular weight excluding hydrogens is 558 g/mol. The molecule has 0 bridgehead atoms. The van der Waals surface area contributed by atoms with Gasteiger partial charge in [-0.2, -0.15) is 0 Å². The van der Waals surface area contributed by atoms with E-state index in [1.165, 1.54) is 12.8 Å². The fourth-order valence-electron chi connectivity index (χ4n) is 13.6. The normalized spacial score (nSPS) is 51.6. The summed E-state index contributed by atoms with van der Waals surface area (Å²) < 4.78 is 24.4. The van der Waals surface area contributed by atoms with Crippen LogP contribution in [-0.2, 0) is 18.9 Å². The van der Waals surface area contributed by atoms with E-state index in [2.05, 4.69) is 34.6 Å². The van der Waals surface area contributed by atoms with Crippen LogP contribution in [0.1, 0.15) is 99.8 Å². The van der Waals surface area contributed by atoms with Gasteiger partial charge in [0.05, 0.1) is 37.1 Å². The Morgan fingerprint density at radius 2 is 1.66 bits per heavy atom. The molecule has 1 unspecified atom stereocenters. The predicted molar refractivity (Wildman–Crippen MR) is 166 cm³/mol. The van der Waals surface area contributed by atoms with Crippen molar-refractivity contribution in [3.63, 3.8) is 0 Å². The quantitative estimate of drug-likeness (QED) is 0.435. The van der Waals surface area contributed by atoms with Gasteiger partial charge in [0, 0.05) is 31.0 Å². The Hall–Kier alpha value is -0.930. The first kappa shape index (κ1) is 31.7. The number of morpholine rings is 1. The summed E-state index contributed by atoms with van der Waals surface area (Å²) in [5.41, 5.74) is -0.835. The first-order valence-electron chi connectivity index (χ1n) is 17.7. The zero-order chi connectivity index (χ0) is 31.7. The van der Waals surface area contributed by atoms with Gasteiger partial charge in [-0.15, -0.1) is 0 Å². The smallest absolute Gasteiger partial charge is 0.410 e. The van der Waals surface area contributed by atoms with E-state index in [0.717, 1.165) is 38.5 Å². The molecule has 2 aliphatic heterocycles. The summed E-state index contributed by atoms with van der Waals surface area (Å²) in [6, 6.07) is 0. The van der Waals surface area contributed by atoms with Crippen molar-refractivity contribution in [1.29, 1.82) is 0 Å². The molecule has 1 amide bonds. The molecule has 0 radical (unpaired) electrons. The Kier molecular flexibility index (Phi) is 7.22. The molecule has 44 heavy (non-hydrogen) atoms. The van der Waals surface area contributed by atoms with E-state index in [9.17, 15) is 15.0 Å². The van der Waals surface area contributed by atoms with Crippen LogP contribution >= 0.6 is 0 Å². The van der Waals surface area contributed by atoms with Crippen molar-refractivity contribution in [2.75, 3.05) is 33.4 Å². The molecule has 7 rings (SSSR count). The average molecular weight is 618 g/mol. The number of ether oxygens (including phenoxy) is 4. The summed E-state index contributed by atoms with van der Waals surface area (Å²) in [6.45, 7) is 17.9. The average Bonchev–Trinajstić information content (AvgIpc) is 3.59. The third-order valence-corrected chi connectivity index (χ3v) is 15.6. The first-order chi connectivity index (χ1) is 20.6. The maximum Gasteiger partial charge on any atom is 0.410 e. The molecule has 5 saturated carbocycles. The van der Waals surface area contributed by atoms with Gasteiger partial charge in [-0.1, -0.05) is 34.6 Å². The molecule has 2 spiro atoms. The van der Waals surface area contributed by atoms with E-state index in [-0.39, 0.29) is 57.4 Å². The van der Waals surface area contributed by atoms with Gasteiger partial charge >= 0.3 is 6.09 Å². The molecule has 8 heteroatoms. The Morgan fingerprint density at radius 3 is 2.32 bits per heavy atom. The van der Waals surface area contributed by atoms with Crippen LogP contribution in [0.15, 0.2) is 0 Å². The van der Waals surface area contributed by atoms with Crippen molar-refractivity contribution >= 4 is 6.09 Å². The van der Waals surface area contributed by atoms with E-state index < -0.39 is 17.8 Å². The molecule has 8 nitrogen and oxygen atoms in total. The molecule has 2 heterocycles. The van der Waals surface area contributed by atoms with E-state index >= 15 is 0 Å². The van der Waals surface area contributed by atoms with E-state index in [1.807, 2.05) is 4.90 Å². The molecule has 7 aliphatic rings. The number of rotatable bonds is 4. The van der Waals surface area contributed by atoms with Gasteiger partial charge in [-0.05, 0) is 105 Å². The first-order valence-corrected chi connectivity index (χ1v) is 17.7. The fraction of sp³-hybridized carbons (Fsp3) is 0.972. The highest BCUT2D eigenvalue weighted by atomic mass is 16.6. The van der Waals surface area contributed by atoms with Crippen LogP contribution in [0.5, 0.6) is 0 Å². The van der Waals surface area contributed by atoms with E-state index in [4.69, 9.17) is 18.9 Å². The number of carbonyl (C=O) groups is 1. The standard InChI is InChI=1S/C36H59NO7/c1-21-19-22(29(41-8)32(4,5)40)43-27-26(21)33(6)13-14-36-20-35(36)12-11-25(44-30(39)37-15-17-42-18-16-37)31(2,3)23(35)9-10-24(36)34(33,7)28(27)38/h21-29,38,40H,9-20H2,1-8H3/t21-,22-,23+,24+,25+,26?,27+,28+,29+,33-,34-,35-,36+/m1/s1. The molecule has 5 aliphatic carbocycles. The second-order valence-corrected chi connectivity index (χ2v) is 17.8. The lowest BCUT2D eigenvalue weighted by Gasteiger charge is -2.63. The SMILES string of the molecule is CO[C@@H]([C@H]1C[C@@H](C)C2[C@H](O1)[C@H](O)[C@@]1(C)[C@@H]3CC[C@H]4C(C)(C)[C@@H](OC(=O)N5CCOCC5)CC[C@@]45C[C@@]35CC[C@]21C)C(C)(C)O. The molecule has 250 valence electrons. The molecular formula is C36H59NO7. The van der Waals surface area contributed by atoms with Crippen LogP contribution in [0.3, 0.4) is 0 Å². The van der Waals surface area contributed by atoms with Gasteiger partial charge in [0.1, 0.15) is 12.2 Å². The summed E-state index contributed by atoms with van der Waals surface area (Å²) in [5.74, 6) is 1.63. The van der Waals surface area contributed by atoms with Crippen molar-refractivity contribution in [1.82, 2.24) is 4.90 Å². The minimum absolute atomic E-state index is 0.00822. The van der Waals surface area contributed by atoms with Gasteiger partial charge in [-0.25, -0.2) is 4.79 Å².